The maximum Gasteiger partial charge on any atom is 0.319 e. The van der Waals surface area contributed by atoms with Gasteiger partial charge >= 0.3 is 6.03 Å². The number of nitrogens with one attached hydrogen (secondary N) is 2. The molecule has 6 nitrogen and oxygen atoms in total. The molecule has 2 N–H and O–H groups in total. The van der Waals surface area contributed by atoms with Crippen molar-refractivity contribution in [2.24, 2.45) is 0 Å². The van der Waals surface area contributed by atoms with Crippen molar-refractivity contribution < 1.29 is 14.3 Å². The highest BCUT2D eigenvalue weighted by molar-refractivity contribution is 5.89. The average molecular weight is 337 g/mol. The summed E-state index contributed by atoms with van der Waals surface area (Å²) < 4.78 is 11.1. The van der Waals surface area contributed by atoms with Gasteiger partial charge in [0.15, 0.2) is 0 Å². The van der Waals surface area contributed by atoms with Crippen LogP contribution in [0.25, 0.3) is 0 Å². The highest BCUT2D eigenvalue weighted by Crippen LogP contribution is 2.19. The molecule has 25 heavy (non-hydrogen) atoms. The van der Waals surface area contributed by atoms with Crippen molar-refractivity contribution >= 4 is 11.7 Å². The van der Waals surface area contributed by atoms with E-state index in [4.69, 9.17) is 14.7 Å². The molecule has 1 aliphatic rings. The molecule has 0 aliphatic carbocycles. The van der Waals surface area contributed by atoms with Crippen LogP contribution < -0.4 is 15.4 Å². The molecule has 128 valence electrons. The Kier molecular flexibility index (Phi) is 5.50. The number of nitriles is 1. The van der Waals surface area contributed by atoms with Crippen molar-refractivity contribution in [3.05, 3.63) is 59.7 Å². The van der Waals surface area contributed by atoms with Gasteiger partial charge < -0.3 is 20.1 Å². The zero-order chi connectivity index (χ0) is 17.5. The number of rotatable bonds is 5. The summed E-state index contributed by atoms with van der Waals surface area (Å²) in [6.07, 6.45) is 1.00. The monoisotopic (exact) mass is 337 g/mol. The quantitative estimate of drug-likeness (QED) is 0.878. The number of carbonyl (C=O) groups is 1. The van der Waals surface area contributed by atoms with Crippen molar-refractivity contribution in [3.63, 3.8) is 0 Å². The first-order chi connectivity index (χ1) is 12.2. The molecule has 0 bridgehead atoms. The van der Waals surface area contributed by atoms with E-state index >= 15 is 0 Å². The van der Waals surface area contributed by atoms with Crippen LogP contribution in [-0.4, -0.2) is 25.3 Å². The van der Waals surface area contributed by atoms with Gasteiger partial charge in [-0.2, -0.15) is 5.26 Å². The molecule has 0 saturated carbocycles. The maximum absolute atomic E-state index is 12.0. The summed E-state index contributed by atoms with van der Waals surface area (Å²) in [6.45, 7) is 1.71. The topological polar surface area (TPSA) is 83.4 Å². The lowest BCUT2D eigenvalue weighted by molar-refractivity contribution is 0.141. The van der Waals surface area contributed by atoms with E-state index in [2.05, 4.69) is 16.7 Å². The number of amides is 2. The van der Waals surface area contributed by atoms with Crippen molar-refractivity contribution in [3.8, 4) is 11.8 Å². The van der Waals surface area contributed by atoms with Crippen LogP contribution in [-0.2, 0) is 11.3 Å². The molecule has 0 spiro atoms. The predicted octanol–water partition coefficient (Wildman–Crippen LogP) is 3.05. The number of anilines is 1. The van der Waals surface area contributed by atoms with Gasteiger partial charge in [0, 0.05) is 18.7 Å². The summed E-state index contributed by atoms with van der Waals surface area (Å²) in [5.41, 5.74) is 2.12. The summed E-state index contributed by atoms with van der Waals surface area (Å²) in [6, 6.07) is 16.1. The van der Waals surface area contributed by atoms with Crippen LogP contribution in [0.15, 0.2) is 48.5 Å². The molecule has 1 atom stereocenters. The SMILES string of the molecule is N#Cc1cccc(CNC(=O)Nc2ccc(OC3CCOC3)cc2)c1. The Bertz CT molecular complexity index is 762. The van der Waals surface area contributed by atoms with E-state index in [-0.39, 0.29) is 12.1 Å². The zero-order valence-corrected chi connectivity index (χ0v) is 13.7. The van der Waals surface area contributed by atoms with Crippen molar-refractivity contribution in [2.75, 3.05) is 18.5 Å². The number of hydrogen-bond acceptors (Lipinski definition) is 4. The molecule has 2 aromatic carbocycles. The third kappa shape index (κ3) is 4.96. The van der Waals surface area contributed by atoms with Gasteiger partial charge in [-0.15, -0.1) is 0 Å². The molecule has 1 unspecified atom stereocenters. The van der Waals surface area contributed by atoms with Crippen LogP contribution in [0.1, 0.15) is 17.5 Å². The van der Waals surface area contributed by atoms with Gasteiger partial charge in [-0.1, -0.05) is 12.1 Å². The largest absolute Gasteiger partial charge is 0.488 e. The minimum atomic E-state index is -0.305. The van der Waals surface area contributed by atoms with E-state index in [1.54, 1.807) is 30.3 Å². The van der Waals surface area contributed by atoms with E-state index in [9.17, 15) is 4.79 Å². The van der Waals surface area contributed by atoms with Crippen molar-refractivity contribution in [1.29, 1.82) is 5.26 Å². The lowest BCUT2D eigenvalue weighted by Crippen LogP contribution is -2.28. The third-order valence-corrected chi connectivity index (χ3v) is 3.81. The fraction of sp³-hybridized carbons (Fsp3) is 0.263. The Morgan fingerprint density at radius 1 is 1.28 bits per heavy atom. The third-order valence-electron chi connectivity index (χ3n) is 3.81. The molecule has 1 aliphatic heterocycles. The molecular weight excluding hydrogens is 318 g/mol. The molecule has 1 fully saturated rings. The first kappa shape index (κ1) is 16.8. The lowest BCUT2D eigenvalue weighted by atomic mass is 10.1. The van der Waals surface area contributed by atoms with Gasteiger partial charge in [-0.05, 0) is 42.0 Å². The molecule has 3 rings (SSSR count). The predicted molar refractivity (Wildman–Crippen MR) is 93.3 cm³/mol. The summed E-state index contributed by atoms with van der Waals surface area (Å²) in [7, 11) is 0. The molecule has 6 heteroatoms. The fourth-order valence-corrected chi connectivity index (χ4v) is 2.52. The molecule has 1 saturated heterocycles. The zero-order valence-electron chi connectivity index (χ0n) is 13.7. The fourth-order valence-electron chi connectivity index (χ4n) is 2.52. The van der Waals surface area contributed by atoms with Crippen LogP contribution in [0.2, 0.25) is 0 Å². The molecule has 2 amide bonds. The molecular formula is C19H19N3O3. The summed E-state index contributed by atoms with van der Waals surface area (Å²) in [5, 5.41) is 14.4. The lowest BCUT2D eigenvalue weighted by Gasteiger charge is -2.12. The number of benzene rings is 2. The second kappa shape index (κ2) is 8.18. The van der Waals surface area contributed by atoms with E-state index in [0.717, 1.165) is 24.3 Å². The molecule has 1 heterocycles. The Morgan fingerprint density at radius 2 is 2.12 bits per heavy atom. The Hall–Kier alpha value is -3.04. The Balaban J connectivity index is 1.48. The number of ether oxygens (including phenoxy) is 2. The molecule has 0 aromatic heterocycles. The molecule has 2 aromatic rings. The molecule has 0 radical (unpaired) electrons. The van der Waals surface area contributed by atoms with Gasteiger partial charge in [-0.3, -0.25) is 0 Å². The minimum absolute atomic E-state index is 0.103. The number of carbonyl (C=O) groups excluding carboxylic acids is 1. The normalized spacial score (nSPS) is 16.0. The Labute approximate surface area is 146 Å². The van der Waals surface area contributed by atoms with Crippen LogP contribution >= 0.6 is 0 Å². The smallest absolute Gasteiger partial charge is 0.319 e. The van der Waals surface area contributed by atoms with E-state index in [1.807, 2.05) is 18.2 Å². The summed E-state index contributed by atoms with van der Waals surface area (Å²) in [5.74, 6) is 0.759. The standard InChI is InChI=1S/C19H19N3O3/c20-11-14-2-1-3-15(10-14)12-21-19(23)22-16-4-6-17(7-5-16)25-18-8-9-24-13-18/h1-7,10,18H,8-9,12-13H2,(H2,21,22,23). The van der Waals surface area contributed by atoms with Crippen LogP contribution in [0.4, 0.5) is 10.5 Å². The van der Waals surface area contributed by atoms with Crippen LogP contribution in [0, 0.1) is 11.3 Å². The Morgan fingerprint density at radius 3 is 2.84 bits per heavy atom. The van der Waals surface area contributed by atoms with Crippen molar-refractivity contribution in [1.82, 2.24) is 5.32 Å². The summed E-state index contributed by atoms with van der Waals surface area (Å²) in [4.78, 5) is 12.0. The van der Waals surface area contributed by atoms with Crippen molar-refractivity contribution in [2.45, 2.75) is 19.1 Å². The van der Waals surface area contributed by atoms with Gasteiger partial charge in [-0.25, -0.2) is 4.79 Å². The number of hydrogen-bond donors (Lipinski definition) is 2. The van der Waals surface area contributed by atoms with E-state index in [0.29, 0.717) is 24.4 Å². The van der Waals surface area contributed by atoms with Gasteiger partial charge in [0.05, 0.1) is 24.8 Å². The first-order valence-corrected chi connectivity index (χ1v) is 8.11. The van der Waals surface area contributed by atoms with Crippen LogP contribution in [0.3, 0.4) is 0 Å². The van der Waals surface area contributed by atoms with E-state index < -0.39 is 0 Å². The van der Waals surface area contributed by atoms with Crippen LogP contribution in [0.5, 0.6) is 5.75 Å². The second-order valence-corrected chi connectivity index (χ2v) is 5.75. The van der Waals surface area contributed by atoms with Gasteiger partial charge in [0.2, 0.25) is 0 Å². The maximum atomic E-state index is 12.0. The first-order valence-electron chi connectivity index (χ1n) is 8.11. The number of urea groups is 1. The highest BCUT2D eigenvalue weighted by Gasteiger charge is 2.16. The number of nitrogens with zero attached hydrogens (tertiary/aromatic N) is 1. The summed E-state index contributed by atoms with van der Waals surface area (Å²) >= 11 is 0. The second-order valence-electron chi connectivity index (χ2n) is 5.75. The van der Waals surface area contributed by atoms with Gasteiger partial charge in [0.1, 0.15) is 11.9 Å². The van der Waals surface area contributed by atoms with E-state index in [1.165, 1.54) is 0 Å². The average Bonchev–Trinajstić information content (AvgIpc) is 3.15. The highest BCUT2D eigenvalue weighted by atomic mass is 16.5. The minimum Gasteiger partial charge on any atom is -0.488 e. The van der Waals surface area contributed by atoms with Gasteiger partial charge in [0.25, 0.3) is 0 Å².